The summed E-state index contributed by atoms with van der Waals surface area (Å²) in [7, 11) is 0. The molecule has 2 N–H and O–H groups in total. The van der Waals surface area contributed by atoms with Crippen molar-refractivity contribution in [2.75, 3.05) is 0 Å². The monoisotopic (exact) mass is 295 g/mol. The Bertz CT molecular complexity index is 497. The second-order valence-electron chi connectivity index (χ2n) is 5.98. The molecule has 2 aliphatic rings. The van der Waals surface area contributed by atoms with Crippen LogP contribution in [0.5, 0.6) is 0 Å². The van der Waals surface area contributed by atoms with Crippen molar-refractivity contribution in [1.82, 2.24) is 5.32 Å². The van der Waals surface area contributed by atoms with Gasteiger partial charge in [0.05, 0.1) is 6.26 Å². The lowest BCUT2D eigenvalue weighted by Gasteiger charge is -2.38. The van der Waals surface area contributed by atoms with Gasteiger partial charge in [-0.05, 0) is 51.5 Å². The number of hydrogen-bond acceptors (Lipinski definition) is 4. The van der Waals surface area contributed by atoms with E-state index in [1.54, 1.807) is 18.0 Å². The minimum absolute atomic E-state index is 0.349. The van der Waals surface area contributed by atoms with E-state index in [9.17, 15) is 9.90 Å². The van der Waals surface area contributed by atoms with Crippen LogP contribution in [0.2, 0.25) is 0 Å². The molecule has 110 valence electrons. The predicted octanol–water partition coefficient (Wildman–Crippen LogP) is 3.20. The van der Waals surface area contributed by atoms with Gasteiger partial charge < -0.3 is 9.52 Å². The van der Waals surface area contributed by atoms with Gasteiger partial charge in [-0.25, -0.2) is 0 Å². The van der Waals surface area contributed by atoms with Crippen molar-refractivity contribution in [3.63, 3.8) is 0 Å². The number of carboxylic acids is 1. The molecule has 20 heavy (non-hydrogen) atoms. The number of nitrogens with one attached hydrogen (secondary N) is 1. The first kappa shape index (κ1) is 14.0. The zero-order chi connectivity index (χ0) is 14.2. The minimum Gasteiger partial charge on any atom is -0.480 e. The standard InChI is InChI=1S/C15H21NO3S/c1-10-13(6-8-19-10)20-12-3-2-7-15(9-12,14(17)18)16-11-4-5-11/h6,8,11-12,16H,2-5,7,9H2,1H3,(H,17,18). The van der Waals surface area contributed by atoms with Crippen molar-refractivity contribution in [1.29, 1.82) is 0 Å². The quantitative estimate of drug-likeness (QED) is 0.873. The average molecular weight is 295 g/mol. The third-order valence-electron chi connectivity index (χ3n) is 4.28. The van der Waals surface area contributed by atoms with Crippen LogP contribution in [0.15, 0.2) is 21.6 Å². The lowest BCUT2D eigenvalue weighted by molar-refractivity contribution is -0.146. The molecule has 5 heteroatoms. The van der Waals surface area contributed by atoms with Crippen LogP contribution in [0.25, 0.3) is 0 Å². The summed E-state index contributed by atoms with van der Waals surface area (Å²) in [6.45, 7) is 1.96. The first-order valence-electron chi connectivity index (χ1n) is 7.31. The molecule has 1 aromatic rings. The number of carboxylic acid groups (broad SMARTS) is 1. The van der Waals surface area contributed by atoms with Crippen molar-refractivity contribution in [2.24, 2.45) is 0 Å². The Balaban J connectivity index is 1.70. The topological polar surface area (TPSA) is 62.5 Å². The summed E-state index contributed by atoms with van der Waals surface area (Å²) >= 11 is 1.77. The predicted molar refractivity (Wildman–Crippen MR) is 78.1 cm³/mol. The molecule has 2 unspecified atom stereocenters. The molecule has 2 saturated carbocycles. The second-order valence-corrected chi connectivity index (χ2v) is 7.33. The lowest BCUT2D eigenvalue weighted by Crippen LogP contribution is -2.56. The molecule has 1 aromatic heterocycles. The summed E-state index contributed by atoms with van der Waals surface area (Å²) in [5.41, 5.74) is -0.714. The zero-order valence-electron chi connectivity index (χ0n) is 11.7. The molecule has 0 radical (unpaired) electrons. The van der Waals surface area contributed by atoms with Crippen molar-refractivity contribution < 1.29 is 14.3 Å². The molecule has 0 saturated heterocycles. The van der Waals surface area contributed by atoms with E-state index in [2.05, 4.69) is 5.32 Å². The molecule has 0 spiro atoms. The van der Waals surface area contributed by atoms with Gasteiger partial charge in [0.1, 0.15) is 11.3 Å². The van der Waals surface area contributed by atoms with Gasteiger partial charge in [-0.15, -0.1) is 11.8 Å². The van der Waals surface area contributed by atoms with Gasteiger partial charge in [-0.2, -0.15) is 0 Å². The van der Waals surface area contributed by atoms with Crippen LogP contribution in [0.4, 0.5) is 0 Å². The molecule has 1 heterocycles. The number of aliphatic carboxylic acids is 1. The van der Waals surface area contributed by atoms with Crippen molar-refractivity contribution in [2.45, 2.75) is 67.2 Å². The molecule has 4 nitrogen and oxygen atoms in total. The van der Waals surface area contributed by atoms with Crippen LogP contribution in [0, 0.1) is 6.92 Å². The van der Waals surface area contributed by atoms with E-state index < -0.39 is 11.5 Å². The third-order valence-corrected chi connectivity index (χ3v) is 5.69. The maximum atomic E-state index is 11.8. The molecular formula is C15H21NO3S. The van der Waals surface area contributed by atoms with E-state index in [0.29, 0.717) is 17.7 Å². The van der Waals surface area contributed by atoms with Gasteiger partial charge in [-0.1, -0.05) is 0 Å². The number of carbonyl (C=O) groups is 1. The Hall–Kier alpha value is -0.940. The number of thioether (sulfide) groups is 1. The van der Waals surface area contributed by atoms with Gasteiger partial charge in [0.2, 0.25) is 0 Å². The smallest absolute Gasteiger partial charge is 0.323 e. The fraction of sp³-hybridized carbons (Fsp3) is 0.667. The van der Waals surface area contributed by atoms with Crippen LogP contribution < -0.4 is 5.32 Å². The maximum absolute atomic E-state index is 11.8. The highest BCUT2D eigenvalue weighted by molar-refractivity contribution is 8.00. The van der Waals surface area contributed by atoms with Crippen molar-refractivity contribution in [3.8, 4) is 0 Å². The minimum atomic E-state index is -0.714. The van der Waals surface area contributed by atoms with E-state index in [1.807, 2.05) is 13.0 Å². The van der Waals surface area contributed by atoms with E-state index in [1.165, 1.54) is 0 Å². The van der Waals surface area contributed by atoms with E-state index in [-0.39, 0.29) is 0 Å². The first-order valence-corrected chi connectivity index (χ1v) is 8.19. The first-order chi connectivity index (χ1) is 9.59. The van der Waals surface area contributed by atoms with Crippen molar-refractivity contribution >= 4 is 17.7 Å². The summed E-state index contributed by atoms with van der Waals surface area (Å²) in [4.78, 5) is 12.9. The Morgan fingerprint density at radius 2 is 2.30 bits per heavy atom. The second kappa shape index (κ2) is 5.45. The Morgan fingerprint density at radius 3 is 2.90 bits per heavy atom. The average Bonchev–Trinajstić information content (AvgIpc) is 3.13. The molecule has 0 aromatic carbocycles. The summed E-state index contributed by atoms with van der Waals surface area (Å²) in [6, 6.07) is 2.40. The van der Waals surface area contributed by atoms with Crippen LogP contribution in [-0.4, -0.2) is 27.9 Å². The molecule has 3 rings (SSSR count). The number of hydrogen-bond donors (Lipinski definition) is 2. The van der Waals surface area contributed by atoms with E-state index >= 15 is 0 Å². The largest absolute Gasteiger partial charge is 0.480 e. The van der Waals surface area contributed by atoms with Gasteiger partial charge >= 0.3 is 5.97 Å². The van der Waals surface area contributed by atoms with Crippen LogP contribution in [0.3, 0.4) is 0 Å². The molecule has 2 fully saturated rings. The van der Waals surface area contributed by atoms with Gasteiger partial charge in [0.15, 0.2) is 0 Å². The summed E-state index contributed by atoms with van der Waals surface area (Å²) < 4.78 is 5.33. The van der Waals surface area contributed by atoms with Crippen molar-refractivity contribution in [3.05, 3.63) is 18.1 Å². The molecule has 2 aliphatic carbocycles. The Labute approximate surface area is 123 Å². The van der Waals surface area contributed by atoms with Crippen LogP contribution in [0.1, 0.15) is 44.3 Å². The summed E-state index contributed by atoms with van der Waals surface area (Å²) in [6.07, 6.45) is 7.44. The maximum Gasteiger partial charge on any atom is 0.323 e. The summed E-state index contributed by atoms with van der Waals surface area (Å²) in [5, 5.41) is 13.4. The normalized spacial score (nSPS) is 30.4. The molecule has 0 bridgehead atoms. The number of aryl methyl sites for hydroxylation is 1. The highest BCUT2D eigenvalue weighted by atomic mass is 32.2. The molecule has 0 amide bonds. The number of rotatable bonds is 5. The van der Waals surface area contributed by atoms with Gasteiger partial charge in [-0.3, -0.25) is 10.1 Å². The Morgan fingerprint density at radius 1 is 1.50 bits per heavy atom. The van der Waals surface area contributed by atoms with Gasteiger partial charge in [0.25, 0.3) is 0 Å². The zero-order valence-corrected chi connectivity index (χ0v) is 12.5. The van der Waals surface area contributed by atoms with E-state index in [0.717, 1.165) is 42.8 Å². The lowest BCUT2D eigenvalue weighted by atomic mass is 9.81. The van der Waals surface area contributed by atoms with Gasteiger partial charge in [0, 0.05) is 16.2 Å². The van der Waals surface area contributed by atoms with Crippen LogP contribution in [-0.2, 0) is 4.79 Å². The SMILES string of the molecule is Cc1occc1SC1CCCC(NC2CC2)(C(=O)O)C1. The third kappa shape index (κ3) is 2.88. The van der Waals surface area contributed by atoms with Crippen LogP contribution >= 0.6 is 11.8 Å². The fourth-order valence-corrected chi connectivity index (χ4v) is 4.37. The highest BCUT2D eigenvalue weighted by Gasteiger charge is 2.46. The highest BCUT2D eigenvalue weighted by Crippen LogP contribution is 2.41. The molecule has 0 aliphatic heterocycles. The molecule has 2 atom stereocenters. The summed E-state index contributed by atoms with van der Waals surface area (Å²) in [5.74, 6) is 0.246. The van der Waals surface area contributed by atoms with E-state index in [4.69, 9.17) is 4.42 Å². The Kier molecular flexibility index (Phi) is 3.82. The number of furan rings is 1. The molecular weight excluding hydrogens is 274 g/mol. The fourth-order valence-electron chi connectivity index (χ4n) is 3.01.